The largest absolute Gasteiger partial charge is 0.497 e. The number of carboxylic acids is 1. The van der Waals surface area contributed by atoms with Gasteiger partial charge in [0.15, 0.2) is 0 Å². The quantitative estimate of drug-likeness (QED) is 0.717. The number of nitrogens with zero attached hydrogens (tertiary/aromatic N) is 2. The van der Waals surface area contributed by atoms with Gasteiger partial charge in [-0.05, 0) is 49.2 Å². The fraction of sp³-hybridized carbons (Fsp3) is 0.333. The fourth-order valence-electron chi connectivity index (χ4n) is 3.75. The Labute approximate surface area is 162 Å². The second-order valence-electron chi connectivity index (χ2n) is 6.87. The van der Waals surface area contributed by atoms with Crippen LogP contribution in [0.4, 0.5) is 0 Å². The van der Waals surface area contributed by atoms with Gasteiger partial charge in [-0.15, -0.1) is 11.3 Å². The monoisotopic (exact) mass is 382 g/mol. The van der Waals surface area contributed by atoms with E-state index in [2.05, 4.69) is 23.1 Å². The highest BCUT2D eigenvalue weighted by atomic mass is 32.1. The summed E-state index contributed by atoms with van der Waals surface area (Å²) in [7, 11) is 1.65. The maximum Gasteiger partial charge on any atom is 0.307 e. The van der Waals surface area contributed by atoms with Crippen molar-refractivity contribution in [2.24, 2.45) is 5.92 Å². The number of ether oxygens (including phenoxy) is 1. The minimum absolute atomic E-state index is 0.0459. The molecule has 0 amide bonds. The van der Waals surface area contributed by atoms with Crippen molar-refractivity contribution in [3.8, 4) is 5.75 Å². The molecule has 2 atom stereocenters. The number of aromatic nitrogens is 1. The van der Waals surface area contributed by atoms with E-state index >= 15 is 0 Å². The van der Waals surface area contributed by atoms with E-state index in [4.69, 9.17) is 9.72 Å². The molecule has 140 valence electrons. The number of aliphatic carboxylic acids is 1. The molecule has 1 aliphatic heterocycles. The highest BCUT2D eigenvalue weighted by Crippen LogP contribution is 2.37. The highest BCUT2D eigenvalue weighted by molar-refractivity contribution is 7.18. The Balaban J connectivity index is 1.75. The molecule has 2 aromatic carbocycles. The third-order valence-corrected chi connectivity index (χ3v) is 6.23. The Morgan fingerprint density at radius 1 is 1.26 bits per heavy atom. The van der Waals surface area contributed by atoms with Crippen LogP contribution in [0.3, 0.4) is 0 Å². The summed E-state index contributed by atoms with van der Waals surface area (Å²) in [6.07, 6.45) is 1.62. The number of hydrogen-bond donors (Lipinski definition) is 1. The summed E-state index contributed by atoms with van der Waals surface area (Å²) in [6.45, 7) is 1.42. The lowest BCUT2D eigenvalue weighted by molar-refractivity contribution is -0.143. The average Bonchev–Trinajstić information content (AvgIpc) is 3.12. The van der Waals surface area contributed by atoms with Crippen LogP contribution < -0.4 is 4.74 Å². The SMILES string of the molecule is COc1ccc(C(c2nc3ccccc3s2)N2CCCC(C(=O)O)C2)cc1. The van der Waals surface area contributed by atoms with E-state index < -0.39 is 5.97 Å². The lowest BCUT2D eigenvalue weighted by atomic mass is 9.95. The third-order valence-electron chi connectivity index (χ3n) is 5.14. The number of para-hydroxylation sites is 1. The summed E-state index contributed by atoms with van der Waals surface area (Å²) in [4.78, 5) is 18.7. The molecule has 4 rings (SSSR count). The minimum atomic E-state index is -0.711. The number of carbonyl (C=O) groups is 1. The van der Waals surface area contributed by atoms with Crippen molar-refractivity contribution in [1.82, 2.24) is 9.88 Å². The van der Waals surface area contributed by atoms with Gasteiger partial charge < -0.3 is 9.84 Å². The zero-order valence-electron chi connectivity index (χ0n) is 15.2. The molecule has 3 aromatic rings. The van der Waals surface area contributed by atoms with Gasteiger partial charge in [-0.1, -0.05) is 24.3 Å². The Bertz CT molecular complexity index is 905. The number of likely N-dealkylation sites (tertiary alicyclic amines) is 1. The van der Waals surface area contributed by atoms with E-state index in [1.54, 1.807) is 18.4 Å². The van der Waals surface area contributed by atoms with E-state index in [0.717, 1.165) is 45.9 Å². The number of benzene rings is 2. The van der Waals surface area contributed by atoms with Crippen LogP contribution >= 0.6 is 11.3 Å². The summed E-state index contributed by atoms with van der Waals surface area (Å²) >= 11 is 1.68. The maximum atomic E-state index is 11.6. The van der Waals surface area contributed by atoms with Gasteiger partial charge in [0.1, 0.15) is 10.8 Å². The van der Waals surface area contributed by atoms with Crippen LogP contribution in [0.1, 0.15) is 29.5 Å². The molecule has 5 nitrogen and oxygen atoms in total. The number of piperidine rings is 1. The molecule has 2 unspecified atom stereocenters. The highest BCUT2D eigenvalue weighted by Gasteiger charge is 2.32. The van der Waals surface area contributed by atoms with E-state index in [1.165, 1.54) is 0 Å². The molecular formula is C21H22N2O3S. The second kappa shape index (κ2) is 7.66. The van der Waals surface area contributed by atoms with Gasteiger partial charge in [-0.25, -0.2) is 4.98 Å². The molecule has 27 heavy (non-hydrogen) atoms. The zero-order valence-corrected chi connectivity index (χ0v) is 16.0. The molecule has 6 heteroatoms. The van der Waals surface area contributed by atoms with Crippen LogP contribution in [0.15, 0.2) is 48.5 Å². The normalized spacial score (nSPS) is 19.1. The number of hydrogen-bond acceptors (Lipinski definition) is 5. The topological polar surface area (TPSA) is 62.7 Å². The van der Waals surface area contributed by atoms with Gasteiger partial charge in [0.05, 0.1) is 29.3 Å². The van der Waals surface area contributed by atoms with Crippen LogP contribution in [0.25, 0.3) is 10.2 Å². The first-order valence-electron chi connectivity index (χ1n) is 9.12. The van der Waals surface area contributed by atoms with E-state index in [9.17, 15) is 9.90 Å². The standard InChI is InChI=1S/C21H22N2O3S/c1-26-16-10-8-14(9-11-16)19(23-12-4-5-15(13-23)21(24)25)20-22-17-6-2-3-7-18(17)27-20/h2-3,6-11,15,19H,4-5,12-13H2,1H3,(H,24,25). The summed E-state index contributed by atoms with van der Waals surface area (Å²) < 4.78 is 6.44. The van der Waals surface area contributed by atoms with E-state index in [0.29, 0.717) is 6.54 Å². The van der Waals surface area contributed by atoms with Gasteiger partial charge in [-0.3, -0.25) is 9.69 Å². The van der Waals surface area contributed by atoms with E-state index in [-0.39, 0.29) is 12.0 Å². The van der Waals surface area contributed by atoms with Gasteiger partial charge >= 0.3 is 5.97 Å². The van der Waals surface area contributed by atoms with Gasteiger partial charge in [-0.2, -0.15) is 0 Å². The van der Waals surface area contributed by atoms with Gasteiger partial charge in [0.2, 0.25) is 0 Å². The molecular weight excluding hydrogens is 360 g/mol. The average molecular weight is 382 g/mol. The predicted octanol–water partition coefficient (Wildman–Crippen LogP) is 4.19. The summed E-state index contributed by atoms with van der Waals surface area (Å²) in [6, 6.07) is 16.1. The fourth-order valence-corrected chi connectivity index (χ4v) is 4.88. The molecule has 1 saturated heterocycles. The summed E-state index contributed by atoms with van der Waals surface area (Å²) in [5.74, 6) is -0.227. The summed E-state index contributed by atoms with van der Waals surface area (Å²) in [5, 5.41) is 10.5. The second-order valence-corrected chi connectivity index (χ2v) is 7.93. The number of carboxylic acid groups (broad SMARTS) is 1. The van der Waals surface area contributed by atoms with Crippen molar-refractivity contribution >= 4 is 27.5 Å². The number of fused-ring (bicyclic) bond motifs is 1. The Hall–Kier alpha value is -2.44. The van der Waals surface area contributed by atoms with Crippen LogP contribution in [-0.2, 0) is 4.79 Å². The number of methoxy groups -OCH3 is 1. The van der Waals surface area contributed by atoms with Crippen molar-refractivity contribution in [1.29, 1.82) is 0 Å². The van der Waals surface area contributed by atoms with Gasteiger partial charge in [0.25, 0.3) is 0 Å². The molecule has 0 saturated carbocycles. The molecule has 1 fully saturated rings. The number of rotatable bonds is 5. The molecule has 0 radical (unpaired) electrons. The summed E-state index contributed by atoms with van der Waals surface area (Å²) in [5.41, 5.74) is 2.10. The third kappa shape index (κ3) is 3.68. The molecule has 1 aromatic heterocycles. The van der Waals surface area contributed by atoms with E-state index in [1.807, 2.05) is 30.3 Å². The van der Waals surface area contributed by atoms with Crippen molar-refractivity contribution in [2.75, 3.05) is 20.2 Å². The Morgan fingerprint density at radius 2 is 2.04 bits per heavy atom. The smallest absolute Gasteiger partial charge is 0.307 e. The minimum Gasteiger partial charge on any atom is -0.497 e. The molecule has 0 aliphatic carbocycles. The first-order chi connectivity index (χ1) is 13.2. The molecule has 0 bridgehead atoms. The molecule has 0 spiro atoms. The zero-order chi connectivity index (χ0) is 18.8. The maximum absolute atomic E-state index is 11.6. The Kier molecular flexibility index (Phi) is 5.09. The van der Waals surface area contributed by atoms with Crippen molar-refractivity contribution in [3.63, 3.8) is 0 Å². The van der Waals surface area contributed by atoms with Crippen LogP contribution in [0, 0.1) is 5.92 Å². The van der Waals surface area contributed by atoms with Crippen molar-refractivity contribution in [2.45, 2.75) is 18.9 Å². The predicted molar refractivity (Wildman–Crippen MR) is 106 cm³/mol. The molecule has 1 N–H and O–H groups in total. The van der Waals surface area contributed by atoms with Crippen LogP contribution in [0.5, 0.6) is 5.75 Å². The van der Waals surface area contributed by atoms with Crippen molar-refractivity contribution in [3.05, 3.63) is 59.1 Å². The van der Waals surface area contributed by atoms with Crippen molar-refractivity contribution < 1.29 is 14.6 Å². The molecule has 1 aliphatic rings. The first-order valence-corrected chi connectivity index (χ1v) is 9.93. The Morgan fingerprint density at radius 3 is 2.74 bits per heavy atom. The first kappa shape index (κ1) is 17.9. The lowest BCUT2D eigenvalue weighted by Gasteiger charge is -2.36. The lowest BCUT2D eigenvalue weighted by Crippen LogP contribution is -2.41. The molecule has 2 heterocycles. The van der Waals surface area contributed by atoms with Crippen LogP contribution in [-0.4, -0.2) is 41.2 Å². The number of thiazole rings is 1. The van der Waals surface area contributed by atoms with Gasteiger partial charge in [0, 0.05) is 6.54 Å². The van der Waals surface area contributed by atoms with Crippen LogP contribution in [0.2, 0.25) is 0 Å².